The van der Waals surface area contributed by atoms with Crippen LogP contribution in [0.2, 0.25) is 0 Å². The van der Waals surface area contributed by atoms with Gasteiger partial charge >= 0.3 is 0 Å². The molecule has 0 bridgehead atoms. The van der Waals surface area contributed by atoms with Gasteiger partial charge in [0.1, 0.15) is 11.6 Å². The van der Waals surface area contributed by atoms with Gasteiger partial charge in [0.25, 0.3) is 5.91 Å². The minimum atomic E-state index is -0.393. The Labute approximate surface area is 162 Å². The Morgan fingerprint density at radius 3 is 2.50 bits per heavy atom. The van der Waals surface area contributed by atoms with Crippen molar-refractivity contribution in [2.75, 3.05) is 38.1 Å². The van der Waals surface area contributed by atoms with Crippen molar-refractivity contribution >= 4 is 17.5 Å². The lowest BCUT2D eigenvalue weighted by molar-refractivity contribution is -0.123. The summed E-state index contributed by atoms with van der Waals surface area (Å²) in [5.41, 5.74) is 0.575. The van der Waals surface area contributed by atoms with E-state index < -0.39 is 11.4 Å². The fourth-order valence-electron chi connectivity index (χ4n) is 4.08. The van der Waals surface area contributed by atoms with Gasteiger partial charge in [0.15, 0.2) is 0 Å². The largest absolute Gasteiger partial charge is 0.337 e. The summed E-state index contributed by atoms with van der Waals surface area (Å²) in [7, 11) is 1.88. The number of hydrogen-bond acceptors (Lipinski definition) is 3. The van der Waals surface area contributed by atoms with Crippen LogP contribution in [0.15, 0.2) is 48.5 Å². The van der Waals surface area contributed by atoms with E-state index in [1.165, 1.54) is 36.4 Å². The molecule has 0 aliphatic carbocycles. The molecule has 2 aromatic rings. The zero-order valence-electron chi connectivity index (χ0n) is 15.6. The molecule has 1 atom stereocenters. The van der Waals surface area contributed by atoms with Gasteiger partial charge in [-0.1, -0.05) is 6.07 Å². The molecular weight excluding hydrogens is 364 g/mol. The van der Waals surface area contributed by atoms with Crippen LogP contribution in [0.4, 0.5) is 14.5 Å². The molecule has 2 fully saturated rings. The highest BCUT2D eigenvalue weighted by Crippen LogP contribution is 2.34. The average molecular weight is 385 g/mol. The smallest absolute Gasteiger partial charge is 0.253 e. The summed E-state index contributed by atoms with van der Waals surface area (Å²) < 4.78 is 26.8. The third kappa shape index (κ3) is 3.26. The van der Waals surface area contributed by atoms with Crippen LogP contribution in [-0.2, 0) is 4.79 Å². The van der Waals surface area contributed by atoms with Crippen molar-refractivity contribution in [3.8, 4) is 0 Å². The van der Waals surface area contributed by atoms with E-state index in [1.54, 1.807) is 21.9 Å². The summed E-state index contributed by atoms with van der Waals surface area (Å²) >= 11 is 0. The van der Waals surface area contributed by atoms with E-state index in [1.807, 2.05) is 11.9 Å². The fourth-order valence-corrected chi connectivity index (χ4v) is 4.08. The topological polar surface area (TPSA) is 43.9 Å². The SMILES string of the molecule is CN1CC(=O)N(c2cccc(F)c2)CC12CCN(C(=O)c1ccc(F)cc1)C2. The second-order valence-corrected chi connectivity index (χ2v) is 7.52. The standard InChI is InChI=1S/C21H21F2N3O2/c1-24-12-19(27)26(18-4-2-3-17(23)11-18)14-21(24)9-10-25(13-21)20(28)15-5-7-16(22)8-6-15/h2-8,11H,9-10,12-14H2,1H3. The van der Waals surface area contributed by atoms with E-state index in [9.17, 15) is 18.4 Å². The minimum Gasteiger partial charge on any atom is -0.337 e. The van der Waals surface area contributed by atoms with Crippen molar-refractivity contribution in [3.63, 3.8) is 0 Å². The van der Waals surface area contributed by atoms with Crippen molar-refractivity contribution < 1.29 is 18.4 Å². The maximum atomic E-state index is 13.7. The van der Waals surface area contributed by atoms with E-state index in [0.717, 1.165) is 0 Å². The molecule has 0 aromatic heterocycles. The molecule has 2 aliphatic heterocycles. The number of amides is 2. The quantitative estimate of drug-likeness (QED) is 0.798. The van der Waals surface area contributed by atoms with Gasteiger partial charge in [0.2, 0.25) is 5.91 Å². The zero-order chi connectivity index (χ0) is 19.9. The van der Waals surface area contributed by atoms with Crippen molar-refractivity contribution in [3.05, 3.63) is 65.7 Å². The van der Waals surface area contributed by atoms with Crippen LogP contribution in [0.1, 0.15) is 16.8 Å². The molecule has 146 valence electrons. The number of nitrogens with zero attached hydrogens (tertiary/aromatic N) is 3. The van der Waals surface area contributed by atoms with Crippen LogP contribution in [0.25, 0.3) is 0 Å². The lowest BCUT2D eigenvalue weighted by Crippen LogP contribution is -2.64. The molecule has 2 amide bonds. The van der Waals surface area contributed by atoms with Crippen molar-refractivity contribution in [1.29, 1.82) is 0 Å². The molecule has 1 unspecified atom stereocenters. The van der Waals surface area contributed by atoms with Gasteiger partial charge in [-0.25, -0.2) is 8.78 Å². The van der Waals surface area contributed by atoms with Crippen LogP contribution >= 0.6 is 0 Å². The van der Waals surface area contributed by atoms with Gasteiger partial charge in [0.05, 0.1) is 12.1 Å². The Hall–Kier alpha value is -2.80. The number of likely N-dealkylation sites (tertiary alicyclic amines) is 1. The molecule has 0 N–H and O–H groups in total. The molecule has 2 saturated heterocycles. The molecular formula is C21H21F2N3O2. The van der Waals surface area contributed by atoms with Crippen molar-refractivity contribution in [2.45, 2.75) is 12.0 Å². The normalized spacial score (nSPS) is 22.9. The maximum Gasteiger partial charge on any atom is 0.253 e. The van der Waals surface area contributed by atoms with E-state index >= 15 is 0 Å². The summed E-state index contributed by atoms with van der Waals surface area (Å²) in [6.07, 6.45) is 0.704. The molecule has 2 aromatic carbocycles. The highest BCUT2D eigenvalue weighted by Gasteiger charge is 2.48. The van der Waals surface area contributed by atoms with Gasteiger partial charge in [-0.05, 0) is 55.9 Å². The first-order valence-electron chi connectivity index (χ1n) is 9.20. The molecule has 0 radical (unpaired) electrons. The summed E-state index contributed by atoms with van der Waals surface area (Å²) in [4.78, 5) is 30.7. The second-order valence-electron chi connectivity index (χ2n) is 7.52. The van der Waals surface area contributed by atoms with Gasteiger partial charge in [-0.2, -0.15) is 0 Å². The number of benzene rings is 2. The Bertz CT molecular complexity index is 918. The maximum absolute atomic E-state index is 13.7. The Balaban J connectivity index is 1.56. The van der Waals surface area contributed by atoms with Gasteiger partial charge in [0, 0.05) is 30.9 Å². The summed E-state index contributed by atoms with van der Waals surface area (Å²) in [6, 6.07) is 11.5. The third-order valence-corrected chi connectivity index (χ3v) is 5.77. The summed E-state index contributed by atoms with van der Waals surface area (Å²) in [5.74, 6) is -1.02. The number of likely N-dealkylation sites (N-methyl/N-ethyl adjacent to an activating group) is 1. The van der Waals surface area contributed by atoms with Crippen molar-refractivity contribution in [2.24, 2.45) is 0 Å². The van der Waals surface area contributed by atoms with Crippen LogP contribution in [-0.4, -0.2) is 60.4 Å². The summed E-state index contributed by atoms with van der Waals surface area (Å²) in [5, 5.41) is 0. The first-order chi connectivity index (χ1) is 13.4. The Morgan fingerprint density at radius 1 is 1.04 bits per heavy atom. The average Bonchev–Trinajstić information content (AvgIpc) is 3.10. The molecule has 2 aliphatic rings. The molecule has 0 saturated carbocycles. The van der Waals surface area contributed by atoms with Gasteiger partial charge < -0.3 is 9.80 Å². The highest BCUT2D eigenvalue weighted by molar-refractivity contribution is 5.97. The number of piperazine rings is 1. The monoisotopic (exact) mass is 385 g/mol. The molecule has 2 heterocycles. The minimum absolute atomic E-state index is 0.0953. The van der Waals surface area contributed by atoms with E-state index in [-0.39, 0.29) is 24.2 Å². The van der Waals surface area contributed by atoms with Crippen LogP contribution in [0.3, 0.4) is 0 Å². The number of anilines is 1. The number of hydrogen-bond donors (Lipinski definition) is 0. The van der Waals surface area contributed by atoms with Crippen LogP contribution in [0, 0.1) is 11.6 Å². The molecule has 5 nitrogen and oxygen atoms in total. The Kier molecular flexibility index (Phi) is 4.63. The molecule has 7 heteroatoms. The van der Waals surface area contributed by atoms with Gasteiger partial charge in [-0.3, -0.25) is 14.5 Å². The number of halogens is 2. The number of carbonyl (C=O) groups is 2. The van der Waals surface area contributed by atoms with Crippen LogP contribution in [0.5, 0.6) is 0 Å². The highest BCUT2D eigenvalue weighted by atomic mass is 19.1. The third-order valence-electron chi connectivity index (χ3n) is 5.77. The van der Waals surface area contributed by atoms with Crippen LogP contribution < -0.4 is 4.90 Å². The molecule has 28 heavy (non-hydrogen) atoms. The predicted molar refractivity (Wildman–Crippen MR) is 101 cm³/mol. The first kappa shape index (κ1) is 18.6. The summed E-state index contributed by atoms with van der Waals surface area (Å²) in [6.45, 7) is 1.60. The van der Waals surface area contributed by atoms with E-state index in [4.69, 9.17) is 0 Å². The number of carbonyl (C=O) groups excluding carboxylic acids is 2. The van der Waals surface area contributed by atoms with Crippen molar-refractivity contribution in [1.82, 2.24) is 9.80 Å². The zero-order valence-corrected chi connectivity index (χ0v) is 15.6. The predicted octanol–water partition coefficient (Wildman–Crippen LogP) is 2.53. The Morgan fingerprint density at radius 2 is 1.79 bits per heavy atom. The molecule has 4 rings (SSSR count). The van der Waals surface area contributed by atoms with Gasteiger partial charge in [-0.15, -0.1) is 0 Å². The lowest BCUT2D eigenvalue weighted by atomic mass is 9.92. The first-order valence-corrected chi connectivity index (χ1v) is 9.20. The number of rotatable bonds is 2. The van der Waals surface area contributed by atoms with E-state index in [2.05, 4.69) is 0 Å². The fraction of sp³-hybridized carbons (Fsp3) is 0.333. The lowest BCUT2D eigenvalue weighted by Gasteiger charge is -2.46. The second kappa shape index (κ2) is 6.98. The van der Waals surface area contributed by atoms with E-state index in [0.29, 0.717) is 37.3 Å². The molecule has 1 spiro atoms.